The van der Waals surface area contributed by atoms with E-state index in [1.807, 2.05) is 49.5 Å². The smallest absolute Gasteiger partial charge is 0.243 e. The molecule has 0 saturated carbocycles. The molecular formula is C19H25ClN2O2S. The second-order valence-electron chi connectivity index (χ2n) is 6.32. The number of benzene rings is 2. The maximum atomic E-state index is 13.0. The van der Waals surface area contributed by atoms with Gasteiger partial charge in [-0.3, -0.25) is 0 Å². The van der Waals surface area contributed by atoms with Gasteiger partial charge in [0.2, 0.25) is 10.0 Å². The van der Waals surface area contributed by atoms with Crippen LogP contribution in [0, 0.1) is 5.92 Å². The zero-order valence-corrected chi connectivity index (χ0v) is 16.0. The van der Waals surface area contributed by atoms with Gasteiger partial charge in [0.1, 0.15) is 0 Å². The van der Waals surface area contributed by atoms with E-state index in [2.05, 4.69) is 5.32 Å². The Hall–Kier alpha value is -1.40. The van der Waals surface area contributed by atoms with Gasteiger partial charge >= 0.3 is 0 Å². The van der Waals surface area contributed by atoms with Crippen LogP contribution in [-0.4, -0.2) is 39.4 Å². The average molecular weight is 381 g/mol. The van der Waals surface area contributed by atoms with Crippen molar-refractivity contribution in [3.63, 3.8) is 0 Å². The summed E-state index contributed by atoms with van der Waals surface area (Å²) in [6.07, 6.45) is 2.00. The number of nitrogens with one attached hydrogen (secondary N) is 1. The van der Waals surface area contributed by atoms with E-state index in [9.17, 15) is 8.42 Å². The Morgan fingerprint density at radius 2 is 1.80 bits per heavy atom. The van der Waals surface area contributed by atoms with Gasteiger partial charge in [-0.2, -0.15) is 4.31 Å². The Bertz CT molecular complexity index is 779. The predicted molar refractivity (Wildman–Crippen MR) is 105 cm³/mol. The first-order chi connectivity index (χ1) is 11.6. The molecule has 0 radical (unpaired) electrons. The number of piperidine rings is 1. The molecule has 0 aromatic heterocycles. The lowest BCUT2D eigenvalue weighted by Crippen LogP contribution is -2.42. The van der Waals surface area contributed by atoms with Gasteiger partial charge in [-0.1, -0.05) is 42.5 Å². The lowest BCUT2D eigenvalue weighted by Gasteiger charge is -2.32. The molecular weight excluding hydrogens is 356 g/mol. The third kappa shape index (κ3) is 4.61. The maximum absolute atomic E-state index is 13.0. The Balaban J connectivity index is 0.00000225. The summed E-state index contributed by atoms with van der Waals surface area (Å²) in [7, 11) is -1.52. The molecule has 0 amide bonds. The van der Waals surface area contributed by atoms with E-state index in [1.165, 1.54) is 0 Å². The molecule has 6 heteroatoms. The first-order valence-corrected chi connectivity index (χ1v) is 9.85. The van der Waals surface area contributed by atoms with Crippen LogP contribution in [0.4, 0.5) is 0 Å². The molecule has 3 rings (SSSR count). The van der Waals surface area contributed by atoms with Crippen molar-refractivity contribution in [1.29, 1.82) is 0 Å². The van der Waals surface area contributed by atoms with Crippen LogP contribution in [0.15, 0.2) is 59.5 Å². The van der Waals surface area contributed by atoms with Gasteiger partial charge < -0.3 is 5.32 Å². The average Bonchev–Trinajstić information content (AvgIpc) is 2.63. The maximum Gasteiger partial charge on any atom is 0.243 e. The number of hydrogen-bond acceptors (Lipinski definition) is 3. The van der Waals surface area contributed by atoms with Crippen LogP contribution < -0.4 is 5.32 Å². The fourth-order valence-electron chi connectivity index (χ4n) is 3.32. The van der Waals surface area contributed by atoms with Gasteiger partial charge in [0.25, 0.3) is 0 Å². The minimum atomic E-state index is -3.44. The van der Waals surface area contributed by atoms with E-state index in [4.69, 9.17) is 0 Å². The second-order valence-corrected chi connectivity index (χ2v) is 8.26. The molecule has 1 saturated heterocycles. The lowest BCUT2D eigenvalue weighted by atomic mass is 10.00. The van der Waals surface area contributed by atoms with Gasteiger partial charge in [0.15, 0.2) is 0 Å². The summed E-state index contributed by atoms with van der Waals surface area (Å²) in [6.45, 7) is 2.06. The van der Waals surface area contributed by atoms with Crippen LogP contribution in [0.3, 0.4) is 0 Å². The highest BCUT2D eigenvalue weighted by Crippen LogP contribution is 2.27. The molecule has 0 spiro atoms. The molecule has 25 heavy (non-hydrogen) atoms. The fraction of sp³-hybridized carbons (Fsp3) is 0.368. The predicted octanol–water partition coefficient (Wildman–Crippen LogP) is 3.40. The van der Waals surface area contributed by atoms with Crippen molar-refractivity contribution in [3.8, 4) is 11.1 Å². The zero-order chi connectivity index (χ0) is 17.0. The van der Waals surface area contributed by atoms with Crippen molar-refractivity contribution in [2.75, 3.05) is 26.7 Å². The first-order valence-electron chi connectivity index (χ1n) is 8.41. The Kier molecular flexibility index (Phi) is 7.02. The molecule has 136 valence electrons. The highest BCUT2D eigenvalue weighted by molar-refractivity contribution is 7.89. The first kappa shape index (κ1) is 19.9. The van der Waals surface area contributed by atoms with Crippen molar-refractivity contribution in [2.24, 2.45) is 5.92 Å². The number of hydrogen-bond donors (Lipinski definition) is 1. The second kappa shape index (κ2) is 8.81. The minimum Gasteiger partial charge on any atom is -0.319 e. The number of sulfonamides is 1. The zero-order valence-electron chi connectivity index (χ0n) is 14.4. The summed E-state index contributed by atoms with van der Waals surface area (Å²) >= 11 is 0. The van der Waals surface area contributed by atoms with E-state index in [0.29, 0.717) is 23.9 Å². The molecule has 1 heterocycles. The van der Waals surface area contributed by atoms with Crippen LogP contribution in [0.2, 0.25) is 0 Å². The summed E-state index contributed by atoms with van der Waals surface area (Å²) in [5.41, 5.74) is 1.96. The topological polar surface area (TPSA) is 49.4 Å². The third-order valence-electron chi connectivity index (χ3n) is 4.55. The van der Waals surface area contributed by atoms with Crippen molar-refractivity contribution < 1.29 is 8.42 Å². The monoisotopic (exact) mass is 380 g/mol. The summed E-state index contributed by atoms with van der Waals surface area (Å²) in [5, 5.41) is 3.16. The summed E-state index contributed by atoms with van der Waals surface area (Å²) < 4.78 is 27.7. The van der Waals surface area contributed by atoms with Crippen LogP contribution in [0.1, 0.15) is 12.8 Å². The molecule has 1 aliphatic rings. The van der Waals surface area contributed by atoms with Crippen molar-refractivity contribution in [2.45, 2.75) is 17.7 Å². The van der Waals surface area contributed by atoms with Crippen molar-refractivity contribution in [1.82, 2.24) is 9.62 Å². The van der Waals surface area contributed by atoms with E-state index in [1.54, 1.807) is 16.4 Å². The van der Waals surface area contributed by atoms with Crippen LogP contribution in [0.25, 0.3) is 11.1 Å². The Morgan fingerprint density at radius 3 is 2.52 bits per heavy atom. The van der Waals surface area contributed by atoms with Gasteiger partial charge in [-0.05, 0) is 55.6 Å². The molecule has 1 atom stereocenters. The summed E-state index contributed by atoms with van der Waals surface area (Å²) in [6, 6.07) is 17.1. The lowest BCUT2D eigenvalue weighted by molar-refractivity contribution is 0.263. The van der Waals surface area contributed by atoms with Gasteiger partial charge in [0, 0.05) is 13.1 Å². The quantitative estimate of drug-likeness (QED) is 0.864. The number of nitrogens with zero attached hydrogens (tertiary/aromatic N) is 1. The van der Waals surface area contributed by atoms with E-state index in [0.717, 1.165) is 30.5 Å². The molecule has 4 nitrogen and oxygen atoms in total. The van der Waals surface area contributed by atoms with Crippen molar-refractivity contribution in [3.05, 3.63) is 54.6 Å². The van der Waals surface area contributed by atoms with Crippen LogP contribution >= 0.6 is 12.4 Å². The number of halogens is 1. The normalized spacial score (nSPS) is 18.5. The molecule has 0 aliphatic carbocycles. The van der Waals surface area contributed by atoms with Gasteiger partial charge in [-0.25, -0.2) is 8.42 Å². The van der Waals surface area contributed by atoms with E-state index >= 15 is 0 Å². The molecule has 2 aromatic rings. The standard InChI is InChI=1S/C19H24N2O2S.ClH/c1-20-14-16-7-6-12-21(15-16)24(22,23)19-11-5-10-18(13-19)17-8-3-2-4-9-17;/h2-5,8-11,13,16,20H,6-7,12,14-15H2,1H3;1H. The molecule has 1 unspecified atom stereocenters. The number of rotatable bonds is 5. The van der Waals surface area contributed by atoms with Gasteiger partial charge in [0.05, 0.1) is 4.90 Å². The third-order valence-corrected chi connectivity index (χ3v) is 6.41. The van der Waals surface area contributed by atoms with Crippen LogP contribution in [0.5, 0.6) is 0 Å². The Morgan fingerprint density at radius 1 is 1.08 bits per heavy atom. The highest BCUT2D eigenvalue weighted by Gasteiger charge is 2.30. The Labute approximate surface area is 156 Å². The molecule has 1 aliphatic heterocycles. The SMILES string of the molecule is CNCC1CCCN(S(=O)(=O)c2cccc(-c3ccccc3)c2)C1.Cl. The van der Waals surface area contributed by atoms with E-state index in [-0.39, 0.29) is 12.4 Å². The van der Waals surface area contributed by atoms with Gasteiger partial charge in [-0.15, -0.1) is 12.4 Å². The van der Waals surface area contributed by atoms with Crippen LogP contribution in [-0.2, 0) is 10.0 Å². The highest BCUT2D eigenvalue weighted by atomic mass is 35.5. The van der Waals surface area contributed by atoms with E-state index < -0.39 is 10.0 Å². The molecule has 2 aromatic carbocycles. The molecule has 1 fully saturated rings. The summed E-state index contributed by atoms with van der Waals surface area (Å²) in [5.74, 6) is 0.385. The largest absolute Gasteiger partial charge is 0.319 e. The molecule has 0 bridgehead atoms. The minimum absolute atomic E-state index is 0. The molecule has 1 N–H and O–H groups in total. The summed E-state index contributed by atoms with van der Waals surface area (Å²) in [4.78, 5) is 0.383. The van der Waals surface area contributed by atoms with Crippen molar-refractivity contribution >= 4 is 22.4 Å². The fourth-order valence-corrected chi connectivity index (χ4v) is 4.92.